The number of tetrazole rings is 1. The van der Waals surface area contributed by atoms with Gasteiger partial charge in [-0.2, -0.15) is 5.21 Å². The van der Waals surface area contributed by atoms with Crippen LogP contribution >= 0.6 is 0 Å². The molecule has 1 aromatic carbocycles. The summed E-state index contributed by atoms with van der Waals surface area (Å²) in [4.78, 5) is 2.42. The van der Waals surface area contributed by atoms with E-state index in [1.165, 1.54) is 11.3 Å². The molecule has 5 heteroatoms. The number of nitrogens with one attached hydrogen (secondary N) is 1. The van der Waals surface area contributed by atoms with Crippen LogP contribution in [0.2, 0.25) is 0 Å². The summed E-state index contributed by atoms with van der Waals surface area (Å²) >= 11 is 0. The maximum Gasteiger partial charge on any atom is 0.204 e. The van der Waals surface area contributed by atoms with Crippen molar-refractivity contribution >= 4 is 5.69 Å². The number of hydrogen-bond donors (Lipinski definition) is 1. The van der Waals surface area contributed by atoms with Crippen molar-refractivity contribution in [3.8, 4) is 11.4 Å². The Kier molecular flexibility index (Phi) is 2.31. The van der Waals surface area contributed by atoms with E-state index in [0.717, 1.165) is 18.5 Å². The third kappa shape index (κ3) is 1.67. The largest absolute Gasteiger partial charge is 0.369 e. The summed E-state index contributed by atoms with van der Waals surface area (Å²) in [5.41, 5.74) is 3.73. The predicted octanol–water partition coefficient (Wildman–Crippen LogP) is 1.64. The molecule has 0 radical (unpaired) electrons. The molecule has 5 nitrogen and oxygen atoms in total. The Hall–Kier alpha value is -1.91. The molecule has 1 aliphatic heterocycles. The van der Waals surface area contributed by atoms with Crippen LogP contribution in [0.15, 0.2) is 18.2 Å². The second-order valence-electron chi connectivity index (χ2n) is 4.62. The van der Waals surface area contributed by atoms with E-state index in [1.54, 1.807) is 0 Å². The lowest BCUT2D eigenvalue weighted by Crippen LogP contribution is -2.28. The third-order valence-corrected chi connectivity index (χ3v) is 3.24. The van der Waals surface area contributed by atoms with Gasteiger partial charge in [-0.05, 0) is 37.1 Å². The van der Waals surface area contributed by atoms with Gasteiger partial charge in [0.25, 0.3) is 0 Å². The van der Waals surface area contributed by atoms with E-state index in [4.69, 9.17) is 0 Å². The molecule has 0 aliphatic carbocycles. The highest BCUT2D eigenvalue weighted by molar-refractivity contribution is 5.68. The molecule has 2 heterocycles. The molecular formula is C12H15N5. The number of aromatic nitrogens is 4. The van der Waals surface area contributed by atoms with Crippen LogP contribution in [0, 0.1) is 0 Å². The van der Waals surface area contributed by atoms with Crippen molar-refractivity contribution in [2.24, 2.45) is 0 Å². The molecule has 3 rings (SSSR count). The Morgan fingerprint density at radius 2 is 2.24 bits per heavy atom. The molecule has 17 heavy (non-hydrogen) atoms. The second-order valence-corrected chi connectivity index (χ2v) is 4.62. The van der Waals surface area contributed by atoms with Crippen molar-refractivity contribution < 1.29 is 0 Å². The van der Waals surface area contributed by atoms with Crippen LogP contribution in [0.3, 0.4) is 0 Å². The van der Waals surface area contributed by atoms with Crippen molar-refractivity contribution in [1.82, 2.24) is 20.6 Å². The van der Waals surface area contributed by atoms with Gasteiger partial charge in [0.1, 0.15) is 0 Å². The second kappa shape index (κ2) is 3.84. The number of anilines is 1. The Morgan fingerprint density at radius 1 is 1.35 bits per heavy atom. The number of aromatic amines is 1. The van der Waals surface area contributed by atoms with Gasteiger partial charge in [-0.1, -0.05) is 12.1 Å². The molecule has 1 aliphatic rings. The topological polar surface area (TPSA) is 57.7 Å². The molecule has 0 spiro atoms. The van der Waals surface area contributed by atoms with Crippen LogP contribution in [-0.2, 0) is 6.42 Å². The first-order valence-corrected chi connectivity index (χ1v) is 5.89. The number of H-pyrrole nitrogens is 1. The molecule has 0 bridgehead atoms. The van der Waals surface area contributed by atoms with Crippen LogP contribution in [0.4, 0.5) is 5.69 Å². The van der Waals surface area contributed by atoms with Gasteiger partial charge >= 0.3 is 0 Å². The number of fused-ring (bicyclic) bond motifs is 1. The molecule has 0 amide bonds. The standard InChI is InChI=1S/C12H15N5/c1-8(2)17-6-5-9-3-4-10(7-11(9)17)12-13-15-16-14-12/h3-4,7-8H,5-6H2,1-2H3,(H,13,14,15,16). The van der Waals surface area contributed by atoms with E-state index in [0.29, 0.717) is 11.9 Å². The van der Waals surface area contributed by atoms with Crippen LogP contribution in [0.1, 0.15) is 19.4 Å². The smallest absolute Gasteiger partial charge is 0.204 e. The summed E-state index contributed by atoms with van der Waals surface area (Å²) in [6.45, 7) is 5.54. The zero-order valence-corrected chi connectivity index (χ0v) is 10.0. The van der Waals surface area contributed by atoms with Gasteiger partial charge in [0.05, 0.1) is 0 Å². The maximum atomic E-state index is 4.02. The molecule has 0 saturated carbocycles. The molecule has 2 aromatic rings. The lowest BCUT2D eigenvalue weighted by molar-refractivity contribution is 0.710. The predicted molar refractivity (Wildman–Crippen MR) is 65.8 cm³/mol. The van der Waals surface area contributed by atoms with Crippen LogP contribution in [0.25, 0.3) is 11.4 Å². The summed E-state index contributed by atoms with van der Waals surface area (Å²) in [5, 5.41) is 14.1. The fourth-order valence-electron chi connectivity index (χ4n) is 2.36. The fourth-order valence-corrected chi connectivity index (χ4v) is 2.36. The van der Waals surface area contributed by atoms with Gasteiger partial charge in [0.15, 0.2) is 0 Å². The molecule has 1 aromatic heterocycles. The summed E-state index contributed by atoms with van der Waals surface area (Å²) in [7, 11) is 0. The first kappa shape index (κ1) is 10.3. The van der Waals surface area contributed by atoms with Gasteiger partial charge in [0.2, 0.25) is 5.82 Å². The number of rotatable bonds is 2. The van der Waals surface area contributed by atoms with Gasteiger partial charge in [-0.25, -0.2) is 0 Å². The molecule has 0 atom stereocenters. The quantitative estimate of drug-likeness (QED) is 0.850. The third-order valence-electron chi connectivity index (χ3n) is 3.24. The summed E-state index contributed by atoms with van der Waals surface area (Å²) in [6.07, 6.45) is 1.13. The number of hydrogen-bond acceptors (Lipinski definition) is 4. The molecule has 0 saturated heterocycles. The van der Waals surface area contributed by atoms with Gasteiger partial charge < -0.3 is 4.90 Å². The minimum Gasteiger partial charge on any atom is -0.369 e. The minimum atomic E-state index is 0.525. The van der Waals surface area contributed by atoms with Crippen molar-refractivity contribution in [2.75, 3.05) is 11.4 Å². The number of nitrogens with zero attached hydrogens (tertiary/aromatic N) is 4. The zero-order chi connectivity index (χ0) is 11.8. The van der Waals surface area contributed by atoms with E-state index in [1.807, 2.05) is 0 Å². The average Bonchev–Trinajstić information content (AvgIpc) is 2.97. The average molecular weight is 229 g/mol. The van der Waals surface area contributed by atoms with Crippen LogP contribution < -0.4 is 4.90 Å². The SMILES string of the molecule is CC(C)N1CCc2ccc(-c3nn[nH]n3)cc21. The summed E-state index contributed by atoms with van der Waals surface area (Å²) in [6, 6.07) is 6.92. The first-order chi connectivity index (χ1) is 8.25. The summed E-state index contributed by atoms with van der Waals surface area (Å²) in [5.74, 6) is 0.656. The normalized spacial score (nSPS) is 14.4. The molecule has 1 N–H and O–H groups in total. The Balaban J connectivity index is 2.04. The van der Waals surface area contributed by atoms with Crippen LogP contribution in [0.5, 0.6) is 0 Å². The van der Waals surface area contributed by atoms with Gasteiger partial charge in [0, 0.05) is 23.8 Å². The minimum absolute atomic E-state index is 0.525. The number of benzene rings is 1. The van der Waals surface area contributed by atoms with Crippen molar-refractivity contribution in [1.29, 1.82) is 0 Å². The molecule has 0 fully saturated rings. The van der Waals surface area contributed by atoms with Gasteiger partial charge in [-0.15, -0.1) is 10.2 Å². The Morgan fingerprint density at radius 3 is 2.94 bits per heavy atom. The summed E-state index contributed by atoms with van der Waals surface area (Å²) < 4.78 is 0. The lowest BCUT2D eigenvalue weighted by atomic mass is 10.1. The first-order valence-electron chi connectivity index (χ1n) is 5.89. The lowest BCUT2D eigenvalue weighted by Gasteiger charge is -2.24. The van der Waals surface area contributed by atoms with E-state index < -0.39 is 0 Å². The molecule has 0 unspecified atom stereocenters. The monoisotopic (exact) mass is 229 g/mol. The maximum absolute atomic E-state index is 4.02. The molecular weight excluding hydrogens is 214 g/mol. The highest BCUT2D eigenvalue weighted by atomic mass is 15.5. The van der Waals surface area contributed by atoms with E-state index in [2.05, 4.69) is 57.6 Å². The van der Waals surface area contributed by atoms with Crippen LogP contribution in [-0.4, -0.2) is 33.2 Å². The van der Waals surface area contributed by atoms with E-state index >= 15 is 0 Å². The van der Waals surface area contributed by atoms with E-state index in [9.17, 15) is 0 Å². The Labute approximate surface area is 99.8 Å². The zero-order valence-electron chi connectivity index (χ0n) is 10.0. The highest BCUT2D eigenvalue weighted by Gasteiger charge is 2.21. The van der Waals surface area contributed by atoms with Gasteiger partial charge in [-0.3, -0.25) is 0 Å². The molecule has 88 valence electrons. The van der Waals surface area contributed by atoms with Crippen molar-refractivity contribution in [2.45, 2.75) is 26.3 Å². The van der Waals surface area contributed by atoms with Crippen molar-refractivity contribution in [3.05, 3.63) is 23.8 Å². The Bertz CT molecular complexity index is 518. The van der Waals surface area contributed by atoms with E-state index in [-0.39, 0.29) is 0 Å². The fraction of sp³-hybridized carbons (Fsp3) is 0.417. The highest BCUT2D eigenvalue weighted by Crippen LogP contribution is 2.32. The van der Waals surface area contributed by atoms with Crippen molar-refractivity contribution in [3.63, 3.8) is 0 Å².